The van der Waals surface area contributed by atoms with Crippen molar-refractivity contribution in [2.45, 2.75) is 18.0 Å². The van der Waals surface area contributed by atoms with Gasteiger partial charge in [0.1, 0.15) is 5.75 Å². The molecule has 1 saturated heterocycles. The summed E-state index contributed by atoms with van der Waals surface area (Å²) < 4.78 is 62.3. The van der Waals surface area contributed by atoms with Gasteiger partial charge in [0.05, 0.1) is 0 Å². The summed E-state index contributed by atoms with van der Waals surface area (Å²) in [5.41, 5.74) is -4.54. The Labute approximate surface area is 120 Å². The first-order valence-corrected chi connectivity index (χ1v) is 7.72. The van der Waals surface area contributed by atoms with Crippen LogP contribution in [-0.2, 0) is 16.5 Å². The Hall–Kier alpha value is -1.32. The largest absolute Gasteiger partial charge is 0.534 e. The molecule has 118 valence electrons. The third-order valence-corrected chi connectivity index (χ3v) is 4.00. The Morgan fingerprint density at radius 2 is 1.86 bits per heavy atom. The summed E-state index contributed by atoms with van der Waals surface area (Å²) in [4.78, 5) is 0. The molecule has 1 aliphatic heterocycles. The molecule has 0 bridgehead atoms. The molecule has 1 heterocycles. The van der Waals surface area contributed by atoms with Crippen LogP contribution < -0.4 is 14.8 Å². The van der Waals surface area contributed by atoms with Gasteiger partial charge >= 0.3 is 15.6 Å². The molecular weight excluding hydrogens is 309 g/mol. The zero-order chi connectivity index (χ0) is 15.5. The Bertz CT molecular complexity index is 566. The van der Waals surface area contributed by atoms with Crippen molar-refractivity contribution in [1.82, 2.24) is 10.6 Å². The van der Waals surface area contributed by atoms with Gasteiger partial charge in [0.25, 0.3) is 0 Å². The first-order valence-electron chi connectivity index (χ1n) is 6.32. The molecule has 5 nitrogen and oxygen atoms in total. The van der Waals surface area contributed by atoms with E-state index in [4.69, 9.17) is 0 Å². The molecule has 21 heavy (non-hydrogen) atoms. The number of nitrogens with one attached hydrogen (secondary N) is 2. The SMILES string of the molecule is O=S(=O)(Oc1ccc(C[C@@H]2CNCCN2)cc1)C(F)(F)F. The van der Waals surface area contributed by atoms with E-state index in [1.165, 1.54) is 12.1 Å². The molecule has 0 unspecified atom stereocenters. The van der Waals surface area contributed by atoms with Crippen LogP contribution in [0.2, 0.25) is 0 Å². The maximum Gasteiger partial charge on any atom is 0.534 e. The monoisotopic (exact) mass is 324 g/mol. The minimum absolute atomic E-state index is 0.240. The van der Waals surface area contributed by atoms with Crippen molar-refractivity contribution >= 4 is 10.1 Å². The zero-order valence-corrected chi connectivity index (χ0v) is 11.8. The second-order valence-corrected chi connectivity index (χ2v) is 6.22. The highest BCUT2D eigenvalue weighted by Crippen LogP contribution is 2.27. The van der Waals surface area contributed by atoms with Crippen LogP contribution in [0.15, 0.2) is 24.3 Å². The number of halogens is 3. The van der Waals surface area contributed by atoms with Crippen molar-refractivity contribution < 1.29 is 25.8 Å². The Morgan fingerprint density at radius 3 is 2.38 bits per heavy atom. The van der Waals surface area contributed by atoms with Gasteiger partial charge in [0.2, 0.25) is 0 Å². The topological polar surface area (TPSA) is 67.4 Å². The first-order chi connectivity index (χ1) is 9.78. The summed E-state index contributed by atoms with van der Waals surface area (Å²) in [6, 6.07) is 5.78. The molecule has 2 N–H and O–H groups in total. The molecule has 1 aliphatic rings. The lowest BCUT2D eigenvalue weighted by Gasteiger charge is -2.24. The molecule has 2 rings (SSSR count). The third-order valence-electron chi connectivity index (χ3n) is 3.02. The van der Waals surface area contributed by atoms with Crippen molar-refractivity contribution in [2.75, 3.05) is 19.6 Å². The number of hydrogen-bond acceptors (Lipinski definition) is 5. The average molecular weight is 324 g/mol. The van der Waals surface area contributed by atoms with E-state index in [0.29, 0.717) is 6.42 Å². The Kier molecular flexibility index (Phi) is 4.74. The number of benzene rings is 1. The molecule has 0 spiro atoms. The number of alkyl halides is 3. The fraction of sp³-hybridized carbons (Fsp3) is 0.500. The minimum Gasteiger partial charge on any atom is -0.376 e. The fourth-order valence-corrected chi connectivity index (χ4v) is 2.46. The number of piperazine rings is 1. The second kappa shape index (κ2) is 6.20. The molecule has 1 atom stereocenters. The lowest BCUT2D eigenvalue weighted by atomic mass is 10.0. The molecule has 1 aromatic carbocycles. The minimum atomic E-state index is -5.61. The van der Waals surface area contributed by atoms with Gasteiger partial charge in [-0.15, -0.1) is 0 Å². The van der Waals surface area contributed by atoms with E-state index >= 15 is 0 Å². The van der Waals surface area contributed by atoms with Gasteiger partial charge in [-0.3, -0.25) is 0 Å². The van der Waals surface area contributed by atoms with Gasteiger partial charge in [-0.25, -0.2) is 0 Å². The van der Waals surface area contributed by atoms with Crippen LogP contribution in [0.25, 0.3) is 0 Å². The van der Waals surface area contributed by atoms with E-state index in [-0.39, 0.29) is 11.8 Å². The highest BCUT2D eigenvalue weighted by molar-refractivity contribution is 7.87. The van der Waals surface area contributed by atoms with Crippen LogP contribution in [0.5, 0.6) is 5.75 Å². The summed E-state index contributed by atoms with van der Waals surface area (Å²) in [6.45, 7) is 2.56. The maximum atomic E-state index is 12.2. The molecule has 0 radical (unpaired) electrons. The summed E-state index contributed by atoms with van der Waals surface area (Å²) in [7, 11) is -5.61. The summed E-state index contributed by atoms with van der Waals surface area (Å²) in [6.07, 6.45) is 0.694. The van der Waals surface area contributed by atoms with Crippen LogP contribution in [0.3, 0.4) is 0 Å². The first kappa shape index (κ1) is 16.1. The molecule has 1 fully saturated rings. The lowest BCUT2D eigenvalue weighted by Crippen LogP contribution is -2.49. The van der Waals surface area contributed by atoms with E-state index < -0.39 is 15.6 Å². The van der Waals surface area contributed by atoms with Crippen molar-refractivity contribution in [1.29, 1.82) is 0 Å². The number of rotatable bonds is 4. The standard InChI is InChI=1S/C12H15F3N2O3S/c13-12(14,15)21(18,19)20-11-3-1-9(2-4-11)7-10-8-16-5-6-17-10/h1-4,10,16-17H,5-8H2/t10-/m1/s1. The quantitative estimate of drug-likeness (QED) is 0.639. The highest BCUT2D eigenvalue weighted by atomic mass is 32.2. The zero-order valence-electron chi connectivity index (χ0n) is 11.0. The molecule has 0 aliphatic carbocycles. The predicted molar refractivity (Wildman–Crippen MR) is 70.4 cm³/mol. The van der Waals surface area contributed by atoms with E-state index in [1.54, 1.807) is 12.1 Å². The summed E-state index contributed by atoms with van der Waals surface area (Å²) in [5, 5.41) is 6.52. The van der Waals surface area contributed by atoms with Gasteiger partial charge in [0, 0.05) is 25.7 Å². The second-order valence-electron chi connectivity index (χ2n) is 4.69. The normalized spacial score (nSPS) is 20.2. The molecule has 0 amide bonds. The Balaban J connectivity index is 1.99. The van der Waals surface area contributed by atoms with E-state index in [0.717, 1.165) is 25.2 Å². The third kappa shape index (κ3) is 4.32. The van der Waals surface area contributed by atoms with Gasteiger partial charge in [0.15, 0.2) is 0 Å². The molecule has 0 saturated carbocycles. The van der Waals surface area contributed by atoms with Crippen LogP contribution in [-0.4, -0.2) is 39.6 Å². The summed E-state index contributed by atoms with van der Waals surface area (Å²) >= 11 is 0. The molecular formula is C12H15F3N2O3S. The van der Waals surface area contributed by atoms with Crippen molar-refractivity contribution in [3.05, 3.63) is 29.8 Å². The van der Waals surface area contributed by atoms with E-state index in [1.807, 2.05) is 0 Å². The van der Waals surface area contributed by atoms with Gasteiger partial charge in [-0.05, 0) is 24.1 Å². The lowest BCUT2D eigenvalue weighted by molar-refractivity contribution is -0.0500. The van der Waals surface area contributed by atoms with Crippen LogP contribution in [0, 0.1) is 0 Å². The molecule has 9 heteroatoms. The van der Waals surface area contributed by atoms with Crippen molar-refractivity contribution in [2.24, 2.45) is 0 Å². The molecule has 1 aromatic rings. The van der Waals surface area contributed by atoms with Crippen molar-refractivity contribution in [3.63, 3.8) is 0 Å². The number of hydrogen-bond donors (Lipinski definition) is 2. The maximum absolute atomic E-state index is 12.2. The molecule has 0 aromatic heterocycles. The predicted octanol–water partition coefficient (Wildman–Crippen LogP) is 1.02. The highest BCUT2D eigenvalue weighted by Gasteiger charge is 2.48. The van der Waals surface area contributed by atoms with Crippen molar-refractivity contribution in [3.8, 4) is 5.75 Å². The van der Waals surface area contributed by atoms with Gasteiger partial charge in [-0.2, -0.15) is 21.6 Å². The van der Waals surface area contributed by atoms with Gasteiger partial charge < -0.3 is 14.8 Å². The van der Waals surface area contributed by atoms with E-state index in [9.17, 15) is 21.6 Å². The van der Waals surface area contributed by atoms with Crippen LogP contribution in [0.4, 0.5) is 13.2 Å². The average Bonchev–Trinajstić information content (AvgIpc) is 2.41. The fourth-order valence-electron chi connectivity index (χ4n) is 2.00. The van der Waals surface area contributed by atoms with E-state index in [2.05, 4.69) is 14.8 Å². The summed E-state index contributed by atoms with van der Waals surface area (Å²) in [5.74, 6) is -0.356. The van der Waals surface area contributed by atoms with Gasteiger partial charge in [-0.1, -0.05) is 12.1 Å². The Morgan fingerprint density at radius 1 is 1.19 bits per heavy atom. The van der Waals surface area contributed by atoms with Crippen LogP contribution in [0.1, 0.15) is 5.56 Å². The van der Waals surface area contributed by atoms with Crippen LogP contribution >= 0.6 is 0 Å². The smallest absolute Gasteiger partial charge is 0.376 e.